The van der Waals surface area contributed by atoms with Crippen molar-refractivity contribution in [1.29, 1.82) is 0 Å². The molecule has 0 radical (unpaired) electrons. The second kappa shape index (κ2) is 8.58. The lowest BCUT2D eigenvalue weighted by atomic mass is 9.93. The number of aromatic nitrogens is 3. The minimum atomic E-state index is -0.463. The summed E-state index contributed by atoms with van der Waals surface area (Å²) in [6.07, 6.45) is 2.07. The number of nitrogens with one attached hydrogen (secondary N) is 1. The van der Waals surface area contributed by atoms with E-state index in [1.54, 1.807) is 23.4 Å². The van der Waals surface area contributed by atoms with Gasteiger partial charge in [0.1, 0.15) is 23.1 Å². The van der Waals surface area contributed by atoms with Gasteiger partial charge in [0.15, 0.2) is 11.6 Å². The minimum Gasteiger partial charge on any atom is -0.488 e. The number of aryl methyl sites for hydroxylation is 3. The molecule has 2 fully saturated rings. The maximum Gasteiger partial charge on any atom is 0.276 e. The molecule has 1 unspecified atom stereocenters. The van der Waals surface area contributed by atoms with Gasteiger partial charge in [-0.15, -0.1) is 0 Å². The van der Waals surface area contributed by atoms with Gasteiger partial charge in [-0.1, -0.05) is 12.1 Å². The maximum atomic E-state index is 12.8. The Morgan fingerprint density at radius 2 is 1.94 bits per heavy atom. The first-order valence-corrected chi connectivity index (χ1v) is 11.5. The van der Waals surface area contributed by atoms with Crippen molar-refractivity contribution in [3.8, 4) is 5.75 Å². The van der Waals surface area contributed by atoms with Crippen LogP contribution in [0.4, 0.5) is 0 Å². The molecule has 1 N–H and O–H groups in total. The summed E-state index contributed by atoms with van der Waals surface area (Å²) in [5.41, 5.74) is 1.85. The molecule has 10 nitrogen and oxygen atoms in total. The Balaban J connectivity index is 1.31. The lowest BCUT2D eigenvalue weighted by Gasteiger charge is -2.32. The Kier molecular flexibility index (Phi) is 5.59. The molecule has 1 atom stereocenters. The number of amides is 3. The Morgan fingerprint density at radius 3 is 2.62 bits per heavy atom. The molecule has 3 aromatic rings. The molecule has 10 heteroatoms. The van der Waals surface area contributed by atoms with Crippen molar-refractivity contribution in [3.05, 3.63) is 41.2 Å². The normalized spacial score (nSPS) is 19.5. The fourth-order valence-electron chi connectivity index (χ4n) is 4.87. The lowest BCUT2D eigenvalue weighted by Crippen LogP contribution is -2.42. The average Bonchev–Trinajstić information content (AvgIpc) is 3.32. The number of piperidine rings is 2. The van der Waals surface area contributed by atoms with Gasteiger partial charge >= 0.3 is 0 Å². The molecule has 2 saturated heterocycles. The van der Waals surface area contributed by atoms with Gasteiger partial charge in [-0.25, -0.2) is 4.98 Å². The Bertz CT molecular complexity index is 1280. The highest BCUT2D eigenvalue weighted by molar-refractivity contribution is 6.03. The molecule has 0 bridgehead atoms. The van der Waals surface area contributed by atoms with Crippen LogP contribution < -0.4 is 10.1 Å². The quantitative estimate of drug-likeness (QED) is 0.588. The number of rotatable bonds is 4. The van der Waals surface area contributed by atoms with Crippen LogP contribution in [0.1, 0.15) is 59.4 Å². The first kappa shape index (κ1) is 22.1. The number of oxazole rings is 1. The first-order valence-electron chi connectivity index (χ1n) is 11.5. The molecule has 178 valence electrons. The van der Waals surface area contributed by atoms with Gasteiger partial charge in [0.05, 0.1) is 11.6 Å². The first-order chi connectivity index (χ1) is 16.3. The van der Waals surface area contributed by atoms with E-state index < -0.39 is 5.92 Å². The van der Waals surface area contributed by atoms with Crippen molar-refractivity contribution in [1.82, 2.24) is 25.0 Å². The number of benzene rings is 1. The highest BCUT2D eigenvalue weighted by Gasteiger charge is 2.33. The molecule has 0 saturated carbocycles. The standard InChI is InChI=1S/C24H27N5O5/c1-13-20(25-14(2)33-13)24(32)29-11-9-15(10-12-29)34-18-6-4-5-16-21(27-28(3)22(16)18)17-7-8-19(30)26-23(17)31/h4-6,15,17H,7-12H2,1-3H3,(H,26,30,31). The summed E-state index contributed by atoms with van der Waals surface area (Å²) in [6, 6.07) is 5.72. The van der Waals surface area contributed by atoms with E-state index in [9.17, 15) is 14.4 Å². The van der Waals surface area contributed by atoms with Gasteiger partial charge < -0.3 is 14.1 Å². The number of carbonyl (C=O) groups is 3. The topological polar surface area (TPSA) is 120 Å². The predicted molar refractivity (Wildman–Crippen MR) is 121 cm³/mol. The number of para-hydroxylation sites is 1. The van der Waals surface area contributed by atoms with E-state index in [-0.39, 0.29) is 23.8 Å². The van der Waals surface area contributed by atoms with Crippen LogP contribution in [-0.2, 0) is 16.6 Å². The third-order valence-corrected chi connectivity index (χ3v) is 6.55. The predicted octanol–water partition coefficient (Wildman–Crippen LogP) is 2.38. The number of carbonyl (C=O) groups excluding carboxylic acids is 3. The highest BCUT2D eigenvalue weighted by Crippen LogP contribution is 2.35. The van der Waals surface area contributed by atoms with Crippen molar-refractivity contribution in [3.63, 3.8) is 0 Å². The van der Waals surface area contributed by atoms with Crippen LogP contribution in [0.3, 0.4) is 0 Å². The monoisotopic (exact) mass is 465 g/mol. The zero-order chi connectivity index (χ0) is 24.0. The fourth-order valence-corrected chi connectivity index (χ4v) is 4.87. The summed E-state index contributed by atoms with van der Waals surface area (Å²) >= 11 is 0. The van der Waals surface area contributed by atoms with E-state index in [1.165, 1.54) is 0 Å². The Morgan fingerprint density at radius 1 is 1.18 bits per heavy atom. The van der Waals surface area contributed by atoms with E-state index in [0.29, 0.717) is 67.6 Å². The van der Waals surface area contributed by atoms with Crippen molar-refractivity contribution < 1.29 is 23.5 Å². The molecule has 4 heterocycles. The molecular formula is C24H27N5O5. The zero-order valence-electron chi connectivity index (χ0n) is 19.5. The second-order valence-electron chi connectivity index (χ2n) is 8.91. The van der Waals surface area contributed by atoms with Crippen molar-refractivity contribution in [2.45, 2.75) is 51.6 Å². The van der Waals surface area contributed by atoms with Crippen LogP contribution in [-0.4, -0.2) is 56.6 Å². The summed E-state index contributed by atoms with van der Waals surface area (Å²) in [6.45, 7) is 4.62. The van der Waals surface area contributed by atoms with Crippen LogP contribution in [0.2, 0.25) is 0 Å². The number of likely N-dealkylation sites (tertiary alicyclic amines) is 1. The van der Waals surface area contributed by atoms with Gasteiger partial charge in [-0.3, -0.25) is 24.4 Å². The number of hydrogen-bond acceptors (Lipinski definition) is 7. The summed E-state index contributed by atoms with van der Waals surface area (Å²) in [5, 5.41) is 7.87. The molecule has 5 rings (SSSR count). The van der Waals surface area contributed by atoms with Gasteiger partial charge in [0, 0.05) is 51.7 Å². The summed E-state index contributed by atoms with van der Waals surface area (Å²) in [5.74, 6) is 0.584. The van der Waals surface area contributed by atoms with Gasteiger partial charge in [0.25, 0.3) is 5.91 Å². The number of hydrogen-bond donors (Lipinski definition) is 1. The molecular weight excluding hydrogens is 438 g/mol. The van der Waals surface area contributed by atoms with Crippen LogP contribution in [0.15, 0.2) is 22.6 Å². The average molecular weight is 466 g/mol. The Labute approximate surface area is 196 Å². The summed E-state index contributed by atoms with van der Waals surface area (Å²) in [4.78, 5) is 42.8. The Hall–Kier alpha value is -3.69. The fraction of sp³-hybridized carbons (Fsp3) is 0.458. The molecule has 0 aliphatic carbocycles. The van der Waals surface area contributed by atoms with Gasteiger partial charge in [0.2, 0.25) is 11.8 Å². The lowest BCUT2D eigenvalue weighted by molar-refractivity contribution is -0.134. The molecule has 2 aromatic heterocycles. The van der Waals surface area contributed by atoms with Crippen LogP contribution >= 0.6 is 0 Å². The third-order valence-electron chi connectivity index (χ3n) is 6.55. The van der Waals surface area contributed by atoms with Gasteiger partial charge in [-0.05, 0) is 19.4 Å². The van der Waals surface area contributed by atoms with E-state index >= 15 is 0 Å². The molecule has 2 aliphatic rings. The van der Waals surface area contributed by atoms with Gasteiger partial charge in [-0.2, -0.15) is 5.10 Å². The number of nitrogens with zero attached hydrogens (tertiary/aromatic N) is 4. The van der Waals surface area contributed by atoms with E-state index in [1.807, 2.05) is 25.2 Å². The second-order valence-corrected chi connectivity index (χ2v) is 8.91. The molecule has 34 heavy (non-hydrogen) atoms. The molecule has 2 aliphatic heterocycles. The summed E-state index contributed by atoms with van der Waals surface area (Å²) < 4.78 is 13.5. The van der Waals surface area contributed by atoms with E-state index in [4.69, 9.17) is 9.15 Å². The van der Waals surface area contributed by atoms with Crippen molar-refractivity contribution in [2.24, 2.45) is 7.05 Å². The molecule has 1 aromatic carbocycles. The van der Waals surface area contributed by atoms with Crippen molar-refractivity contribution >= 4 is 28.6 Å². The molecule has 0 spiro atoms. The smallest absolute Gasteiger partial charge is 0.276 e. The van der Waals surface area contributed by atoms with E-state index in [2.05, 4.69) is 15.4 Å². The number of fused-ring (bicyclic) bond motifs is 1. The maximum absolute atomic E-state index is 12.8. The summed E-state index contributed by atoms with van der Waals surface area (Å²) in [7, 11) is 1.83. The van der Waals surface area contributed by atoms with Crippen LogP contribution in [0, 0.1) is 13.8 Å². The largest absolute Gasteiger partial charge is 0.488 e. The third kappa shape index (κ3) is 3.93. The number of ether oxygens (including phenoxy) is 1. The number of imide groups is 1. The SMILES string of the molecule is Cc1nc(C(=O)N2CCC(Oc3cccc4c(C5CCC(=O)NC5=O)nn(C)c34)CC2)c(C)o1. The van der Waals surface area contributed by atoms with E-state index in [0.717, 1.165) is 10.9 Å². The van der Waals surface area contributed by atoms with Crippen LogP contribution in [0.5, 0.6) is 5.75 Å². The minimum absolute atomic E-state index is 0.0521. The van der Waals surface area contributed by atoms with Crippen molar-refractivity contribution in [2.75, 3.05) is 13.1 Å². The van der Waals surface area contributed by atoms with Crippen LogP contribution in [0.25, 0.3) is 10.9 Å². The highest BCUT2D eigenvalue weighted by atomic mass is 16.5. The molecule has 3 amide bonds. The zero-order valence-corrected chi connectivity index (χ0v) is 19.5.